The van der Waals surface area contributed by atoms with Crippen LogP contribution >= 0.6 is 22.9 Å². The zero-order valence-electron chi connectivity index (χ0n) is 18.5. The molecule has 0 bridgehead atoms. The van der Waals surface area contributed by atoms with Gasteiger partial charge in [-0.1, -0.05) is 35.9 Å². The molecule has 0 saturated carbocycles. The number of hydrogen-bond acceptors (Lipinski definition) is 7. The summed E-state index contributed by atoms with van der Waals surface area (Å²) in [6.07, 6.45) is 1.54. The van der Waals surface area contributed by atoms with Gasteiger partial charge in [0, 0.05) is 50.0 Å². The zero-order valence-corrected chi connectivity index (χ0v) is 20.1. The van der Waals surface area contributed by atoms with Crippen LogP contribution in [0, 0.1) is 5.92 Å². The van der Waals surface area contributed by atoms with Crippen LogP contribution in [0.3, 0.4) is 0 Å². The van der Waals surface area contributed by atoms with E-state index in [0.29, 0.717) is 23.8 Å². The lowest BCUT2D eigenvalue weighted by atomic mass is 9.96. The third-order valence-corrected chi connectivity index (χ3v) is 7.22. The highest BCUT2D eigenvalue weighted by atomic mass is 35.5. The molecule has 2 saturated heterocycles. The first-order chi connectivity index (χ1) is 15.9. The van der Waals surface area contributed by atoms with Crippen molar-refractivity contribution in [2.75, 3.05) is 51.1 Å². The minimum atomic E-state index is -0.452. The molecule has 176 valence electrons. The van der Waals surface area contributed by atoms with Crippen molar-refractivity contribution in [3.05, 3.63) is 39.3 Å². The number of piperidine rings is 1. The minimum Gasteiger partial charge on any atom is -0.340 e. The topological polar surface area (TPSA) is 98.7 Å². The number of benzene rings is 1. The van der Waals surface area contributed by atoms with E-state index >= 15 is 0 Å². The molecule has 2 aliphatic rings. The van der Waals surface area contributed by atoms with E-state index in [1.807, 2.05) is 4.90 Å². The molecule has 2 fully saturated rings. The molecule has 2 aliphatic heterocycles. The average Bonchev–Trinajstić information content (AvgIpc) is 3.34. The fourth-order valence-electron chi connectivity index (χ4n) is 4.19. The molecule has 3 amide bonds. The van der Waals surface area contributed by atoms with Gasteiger partial charge in [0.15, 0.2) is 0 Å². The Morgan fingerprint density at radius 1 is 1.09 bits per heavy atom. The number of carbonyl (C=O) groups is 3. The van der Waals surface area contributed by atoms with E-state index in [2.05, 4.69) is 27.3 Å². The molecule has 4 rings (SSSR count). The van der Waals surface area contributed by atoms with Gasteiger partial charge in [-0.15, -0.1) is 10.2 Å². The van der Waals surface area contributed by atoms with Crippen LogP contribution in [0.1, 0.15) is 39.4 Å². The van der Waals surface area contributed by atoms with Crippen LogP contribution in [0.5, 0.6) is 0 Å². The first kappa shape index (κ1) is 23.6. The molecule has 11 heteroatoms. The second kappa shape index (κ2) is 10.6. The molecule has 1 unspecified atom stereocenters. The first-order valence-corrected chi connectivity index (χ1v) is 12.3. The number of aromatic nitrogens is 2. The van der Waals surface area contributed by atoms with E-state index in [0.717, 1.165) is 56.9 Å². The highest BCUT2D eigenvalue weighted by Crippen LogP contribution is 2.23. The summed E-state index contributed by atoms with van der Waals surface area (Å²) in [6, 6.07) is 6.77. The van der Waals surface area contributed by atoms with Crippen LogP contribution in [0.2, 0.25) is 5.02 Å². The molecule has 3 heterocycles. The van der Waals surface area contributed by atoms with Crippen LogP contribution < -0.4 is 5.32 Å². The van der Waals surface area contributed by atoms with E-state index < -0.39 is 5.91 Å². The molecule has 0 aliphatic carbocycles. The summed E-state index contributed by atoms with van der Waals surface area (Å²) < 4.78 is 0. The standard InChI is InChI=1S/C22H27ClN6O3S/c1-2-27-9-11-28(12-10-27)21(31)15-5-4-8-29(14-15)22(32)20-26-25-19(33-20)18(30)24-17-7-3-6-16(23)13-17/h3,6-7,13,15H,2,4-5,8-12,14H2,1H3,(H,24,30). The number of nitrogens with zero attached hydrogens (tertiary/aromatic N) is 5. The number of nitrogens with one attached hydrogen (secondary N) is 1. The smallest absolute Gasteiger partial charge is 0.286 e. The van der Waals surface area contributed by atoms with Crippen LogP contribution in [-0.2, 0) is 4.79 Å². The predicted molar refractivity (Wildman–Crippen MR) is 127 cm³/mol. The van der Waals surface area contributed by atoms with Crippen molar-refractivity contribution in [3.8, 4) is 0 Å². The van der Waals surface area contributed by atoms with Crippen molar-refractivity contribution < 1.29 is 14.4 Å². The molecule has 0 radical (unpaired) electrons. The molecule has 2 aromatic rings. The van der Waals surface area contributed by atoms with Crippen LogP contribution in [0.15, 0.2) is 24.3 Å². The normalized spacial score (nSPS) is 19.4. The SMILES string of the molecule is CCN1CCN(C(=O)C2CCCN(C(=O)c3nnc(C(=O)Nc4cccc(Cl)c4)s3)C2)CC1. The van der Waals surface area contributed by atoms with Gasteiger partial charge >= 0.3 is 0 Å². The van der Waals surface area contributed by atoms with Gasteiger partial charge < -0.3 is 20.0 Å². The fraction of sp³-hybridized carbons (Fsp3) is 0.500. The van der Waals surface area contributed by atoms with Gasteiger partial charge in [0.1, 0.15) is 0 Å². The van der Waals surface area contributed by atoms with E-state index in [1.165, 1.54) is 0 Å². The van der Waals surface area contributed by atoms with Crippen molar-refractivity contribution in [2.24, 2.45) is 5.92 Å². The van der Waals surface area contributed by atoms with Crippen LogP contribution in [-0.4, -0.2) is 88.4 Å². The van der Waals surface area contributed by atoms with Crippen molar-refractivity contribution in [2.45, 2.75) is 19.8 Å². The van der Waals surface area contributed by atoms with Gasteiger partial charge in [-0.05, 0) is 37.6 Å². The van der Waals surface area contributed by atoms with E-state index in [1.54, 1.807) is 29.2 Å². The molecule has 0 spiro atoms. The van der Waals surface area contributed by atoms with E-state index in [9.17, 15) is 14.4 Å². The van der Waals surface area contributed by atoms with Gasteiger partial charge in [-0.3, -0.25) is 14.4 Å². The number of piperazine rings is 1. The maximum Gasteiger partial charge on any atom is 0.286 e. The summed E-state index contributed by atoms with van der Waals surface area (Å²) in [5, 5.41) is 11.3. The summed E-state index contributed by atoms with van der Waals surface area (Å²) in [4.78, 5) is 44.4. The fourth-order valence-corrected chi connectivity index (χ4v) is 5.09. The number of amides is 3. The van der Waals surface area contributed by atoms with Crippen molar-refractivity contribution in [1.29, 1.82) is 0 Å². The van der Waals surface area contributed by atoms with E-state index in [-0.39, 0.29) is 27.7 Å². The number of carbonyl (C=O) groups excluding carboxylic acids is 3. The summed E-state index contributed by atoms with van der Waals surface area (Å²) >= 11 is 6.89. The monoisotopic (exact) mass is 490 g/mol. The Labute approximate surface area is 201 Å². The lowest BCUT2D eigenvalue weighted by molar-refractivity contribution is -0.138. The molecule has 1 N–H and O–H groups in total. The Hall–Kier alpha value is -2.56. The minimum absolute atomic E-state index is 0.0942. The van der Waals surface area contributed by atoms with Crippen molar-refractivity contribution in [1.82, 2.24) is 24.9 Å². The first-order valence-electron chi connectivity index (χ1n) is 11.2. The lowest BCUT2D eigenvalue weighted by Crippen LogP contribution is -2.52. The quantitative estimate of drug-likeness (QED) is 0.691. The second-order valence-electron chi connectivity index (χ2n) is 8.23. The Kier molecular flexibility index (Phi) is 7.56. The summed E-state index contributed by atoms with van der Waals surface area (Å²) in [5.41, 5.74) is 0.535. The number of anilines is 1. The molecule has 1 atom stereocenters. The maximum absolute atomic E-state index is 13.0. The number of likely N-dealkylation sites (N-methyl/N-ethyl adjacent to an activating group) is 1. The molecular formula is C22H27ClN6O3S. The average molecular weight is 491 g/mol. The predicted octanol–water partition coefficient (Wildman–Crippen LogP) is 2.46. The van der Waals surface area contributed by atoms with E-state index in [4.69, 9.17) is 11.6 Å². The lowest BCUT2D eigenvalue weighted by Gasteiger charge is -2.38. The molecular weight excluding hydrogens is 464 g/mol. The Balaban J connectivity index is 1.35. The summed E-state index contributed by atoms with van der Waals surface area (Å²) in [7, 11) is 0. The second-order valence-corrected chi connectivity index (χ2v) is 9.64. The number of rotatable bonds is 5. The number of halogens is 1. The highest BCUT2D eigenvalue weighted by molar-refractivity contribution is 7.15. The number of likely N-dealkylation sites (tertiary alicyclic amines) is 1. The van der Waals surface area contributed by atoms with Gasteiger partial charge in [0.25, 0.3) is 11.8 Å². The molecule has 9 nitrogen and oxygen atoms in total. The van der Waals surface area contributed by atoms with Gasteiger partial charge in [-0.25, -0.2) is 0 Å². The van der Waals surface area contributed by atoms with Gasteiger partial charge in [0.05, 0.1) is 5.92 Å². The van der Waals surface area contributed by atoms with Crippen LogP contribution in [0.25, 0.3) is 0 Å². The molecule has 33 heavy (non-hydrogen) atoms. The largest absolute Gasteiger partial charge is 0.340 e. The van der Waals surface area contributed by atoms with Gasteiger partial charge in [0.2, 0.25) is 15.9 Å². The van der Waals surface area contributed by atoms with Crippen molar-refractivity contribution >= 4 is 46.3 Å². The Bertz CT molecular complexity index is 1020. The Morgan fingerprint density at radius 2 is 1.85 bits per heavy atom. The van der Waals surface area contributed by atoms with Crippen molar-refractivity contribution in [3.63, 3.8) is 0 Å². The summed E-state index contributed by atoms with van der Waals surface area (Å²) in [6.45, 7) is 7.31. The third-order valence-electron chi connectivity index (χ3n) is 6.07. The highest BCUT2D eigenvalue weighted by Gasteiger charge is 2.34. The third kappa shape index (κ3) is 5.69. The van der Waals surface area contributed by atoms with Crippen LogP contribution in [0.4, 0.5) is 5.69 Å². The Morgan fingerprint density at radius 3 is 2.58 bits per heavy atom. The van der Waals surface area contributed by atoms with Gasteiger partial charge in [-0.2, -0.15) is 0 Å². The zero-order chi connectivity index (χ0) is 23.4. The summed E-state index contributed by atoms with van der Waals surface area (Å²) in [5.74, 6) is -0.814. The maximum atomic E-state index is 13.0. The molecule has 1 aromatic heterocycles. The molecule has 1 aromatic carbocycles. The number of hydrogen-bond donors (Lipinski definition) is 1.